The molecule has 0 aromatic rings. The van der Waals surface area contributed by atoms with E-state index in [4.69, 9.17) is 0 Å². The van der Waals surface area contributed by atoms with Gasteiger partial charge in [-0.1, -0.05) is 26.7 Å². The van der Waals surface area contributed by atoms with Crippen LogP contribution in [0.3, 0.4) is 0 Å². The first-order chi connectivity index (χ1) is 7.70. The zero-order valence-corrected chi connectivity index (χ0v) is 11.2. The lowest BCUT2D eigenvalue weighted by molar-refractivity contribution is 0.0571. The Kier molecular flexibility index (Phi) is 4.26. The molecule has 1 heterocycles. The number of piperidine rings is 1. The third-order valence-electron chi connectivity index (χ3n) is 5.07. The van der Waals surface area contributed by atoms with Crippen molar-refractivity contribution in [3.63, 3.8) is 0 Å². The van der Waals surface area contributed by atoms with Gasteiger partial charge in [-0.15, -0.1) is 0 Å². The molecule has 3 atom stereocenters. The zero-order chi connectivity index (χ0) is 11.5. The number of nitrogens with zero attached hydrogens (tertiary/aromatic N) is 1. The van der Waals surface area contributed by atoms with Gasteiger partial charge >= 0.3 is 0 Å². The molecular weight excluding hydrogens is 196 g/mol. The first-order valence-electron chi connectivity index (χ1n) is 7.13. The van der Waals surface area contributed by atoms with Crippen molar-refractivity contribution >= 4 is 0 Å². The van der Waals surface area contributed by atoms with Crippen LogP contribution in [-0.4, -0.2) is 37.1 Å². The van der Waals surface area contributed by atoms with Crippen LogP contribution in [0.1, 0.15) is 46.0 Å². The topological polar surface area (TPSA) is 15.3 Å². The normalized spacial score (nSPS) is 37.9. The van der Waals surface area contributed by atoms with Crippen molar-refractivity contribution in [3.8, 4) is 0 Å². The van der Waals surface area contributed by atoms with Gasteiger partial charge in [0.25, 0.3) is 0 Å². The van der Waals surface area contributed by atoms with Gasteiger partial charge < -0.3 is 10.2 Å². The third kappa shape index (κ3) is 2.60. The molecular formula is C14H28N2. The Morgan fingerprint density at radius 2 is 1.69 bits per heavy atom. The fourth-order valence-electron chi connectivity index (χ4n) is 3.61. The molecule has 1 saturated carbocycles. The summed E-state index contributed by atoms with van der Waals surface area (Å²) in [5.41, 5.74) is 0. The molecule has 0 radical (unpaired) electrons. The van der Waals surface area contributed by atoms with Crippen LogP contribution in [0, 0.1) is 11.8 Å². The van der Waals surface area contributed by atoms with Crippen LogP contribution in [-0.2, 0) is 0 Å². The molecule has 0 aromatic heterocycles. The van der Waals surface area contributed by atoms with E-state index in [1.165, 1.54) is 45.2 Å². The van der Waals surface area contributed by atoms with E-state index in [1.54, 1.807) is 0 Å². The van der Waals surface area contributed by atoms with Crippen molar-refractivity contribution in [3.05, 3.63) is 0 Å². The molecule has 0 amide bonds. The van der Waals surface area contributed by atoms with Gasteiger partial charge in [0.15, 0.2) is 0 Å². The highest BCUT2D eigenvalue weighted by molar-refractivity contribution is 4.87. The summed E-state index contributed by atoms with van der Waals surface area (Å²) < 4.78 is 0. The fourth-order valence-corrected chi connectivity index (χ4v) is 3.61. The van der Waals surface area contributed by atoms with Gasteiger partial charge in [0.1, 0.15) is 0 Å². The maximum atomic E-state index is 3.47. The summed E-state index contributed by atoms with van der Waals surface area (Å²) in [6, 6.07) is 1.67. The number of hydrogen-bond acceptors (Lipinski definition) is 2. The summed E-state index contributed by atoms with van der Waals surface area (Å²) >= 11 is 0. The molecule has 1 saturated heterocycles. The van der Waals surface area contributed by atoms with E-state index in [0.717, 1.165) is 23.9 Å². The average molecular weight is 224 g/mol. The molecule has 0 spiro atoms. The number of nitrogens with one attached hydrogen (secondary N) is 1. The molecule has 0 aromatic carbocycles. The predicted octanol–water partition coefficient (Wildman–Crippen LogP) is 2.49. The van der Waals surface area contributed by atoms with Crippen LogP contribution in [0.25, 0.3) is 0 Å². The van der Waals surface area contributed by atoms with Crippen LogP contribution in [0.15, 0.2) is 0 Å². The summed E-state index contributed by atoms with van der Waals surface area (Å²) in [4.78, 5) is 2.71. The lowest BCUT2D eigenvalue weighted by atomic mass is 9.77. The second-order valence-corrected chi connectivity index (χ2v) is 5.98. The first-order valence-corrected chi connectivity index (χ1v) is 7.13. The molecule has 2 nitrogen and oxygen atoms in total. The largest absolute Gasteiger partial charge is 0.317 e. The van der Waals surface area contributed by atoms with E-state index < -0.39 is 0 Å². The fraction of sp³-hybridized carbons (Fsp3) is 1.00. The molecule has 2 rings (SSSR count). The second-order valence-electron chi connectivity index (χ2n) is 5.98. The monoisotopic (exact) mass is 224 g/mol. The molecule has 1 aliphatic carbocycles. The Hall–Kier alpha value is -0.0800. The minimum Gasteiger partial charge on any atom is -0.317 e. The van der Waals surface area contributed by atoms with Crippen molar-refractivity contribution in [2.45, 2.75) is 58.0 Å². The lowest BCUT2D eigenvalue weighted by Gasteiger charge is -2.44. The second kappa shape index (κ2) is 5.50. The summed E-state index contributed by atoms with van der Waals surface area (Å²) in [6.45, 7) is 7.33. The Bertz CT molecular complexity index is 211. The van der Waals surface area contributed by atoms with Crippen molar-refractivity contribution in [1.29, 1.82) is 0 Å². The van der Waals surface area contributed by atoms with E-state index >= 15 is 0 Å². The van der Waals surface area contributed by atoms with Gasteiger partial charge in [-0.05, 0) is 51.2 Å². The van der Waals surface area contributed by atoms with Crippen molar-refractivity contribution < 1.29 is 0 Å². The predicted molar refractivity (Wildman–Crippen MR) is 69.6 cm³/mol. The van der Waals surface area contributed by atoms with Crippen LogP contribution < -0.4 is 5.32 Å². The Labute approximate surface area is 101 Å². The Morgan fingerprint density at radius 3 is 2.38 bits per heavy atom. The summed E-state index contributed by atoms with van der Waals surface area (Å²) in [5.74, 6) is 1.80. The van der Waals surface area contributed by atoms with E-state index in [1.807, 2.05) is 0 Å². The highest BCUT2D eigenvalue weighted by atomic mass is 15.2. The van der Waals surface area contributed by atoms with Crippen LogP contribution in [0.4, 0.5) is 0 Å². The Morgan fingerprint density at radius 1 is 1.00 bits per heavy atom. The summed E-state index contributed by atoms with van der Waals surface area (Å²) in [5, 5.41) is 3.47. The maximum absolute atomic E-state index is 3.47. The van der Waals surface area contributed by atoms with E-state index in [2.05, 4.69) is 31.1 Å². The molecule has 1 aliphatic heterocycles. The Balaban J connectivity index is 1.93. The van der Waals surface area contributed by atoms with E-state index in [-0.39, 0.29) is 0 Å². The van der Waals surface area contributed by atoms with E-state index in [9.17, 15) is 0 Å². The number of rotatable bonds is 2. The lowest BCUT2D eigenvalue weighted by Crippen LogP contribution is -2.50. The molecule has 2 aliphatic rings. The van der Waals surface area contributed by atoms with Crippen molar-refractivity contribution in [1.82, 2.24) is 10.2 Å². The van der Waals surface area contributed by atoms with Gasteiger partial charge in [-0.2, -0.15) is 0 Å². The zero-order valence-electron chi connectivity index (χ0n) is 11.2. The minimum atomic E-state index is 0.832. The summed E-state index contributed by atoms with van der Waals surface area (Å²) in [6.07, 6.45) is 6.98. The van der Waals surface area contributed by atoms with Crippen molar-refractivity contribution in [2.75, 3.05) is 20.1 Å². The molecule has 2 fully saturated rings. The van der Waals surface area contributed by atoms with Crippen LogP contribution >= 0.6 is 0 Å². The number of hydrogen-bond donors (Lipinski definition) is 1. The SMILES string of the molecule is C[C@@H]1[C@H](C)CCC[C@H]1N(C)C1CCNCC1. The van der Waals surface area contributed by atoms with Gasteiger partial charge in [0.05, 0.1) is 0 Å². The standard InChI is InChI=1S/C14H28N2/c1-11-5-4-6-14(12(11)2)16(3)13-7-9-15-10-8-13/h11-15H,4-10H2,1-3H3/t11-,12-,14-/m1/s1. The van der Waals surface area contributed by atoms with Crippen LogP contribution in [0.2, 0.25) is 0 Å². The molecule has 0 bridgehead atoms. The van der Waals surface area contributed by atoms with E-state index in [0.29, 0.717) is 0 Å². The van der Waals surface area contributed by atoms with Gasteiger partial charge in [-0.3, -0.25) is 0 Å². The quantitative estimate of drug-likeness (QED) is 0.775. The molecule has 94 valence electrons. The highest BCUT2D eigenvalue weighted by Crippen LogP contribution is 2.33. The van der Waals surface area contributed by atoms with Gasteiger partial charge in [-0.25, -0.2) is 0 Å². The minimum absolute atomic E-state index is 0.832. The van der Waals surface area contributed by atoms with Crippen molar-refractivity contribution in [2.24, 2.45) is 11.8 Å². The van der Waals surface area contributed by atoms with Crippen LogP contribution in [0.5, 0.6) is 0 Å². The average Bonchev–Trinajstić information content (AvgIpc) is 2.33. The highest BCUT2D eigenvalue weighted by Gasteiger charge is 2.33. The molecule has 2 heteroatoms. The van der Waals surface area contributed by atoms with Gasteiger partial charge in [0.2, 0.25) is 0 Å². The molecule has 1 N–H and O–H groups in total. The maximum Gasteiger partial charge on any atom is 0.0123 e. The third-order valence-corrected chi connectivity index (χ3v) is 5.07. The molecule has 16 heavy (non-hydrogen) atoms. The van der Waals surface area contributed by atoms with Gasteiger partial charge in [0, 0.05) is 12.1 Å². The smallest absolute Gasteiger partial charge is 0.0123 e. The first kappa shape index (κ1) is 12.4. The molecule has 0 unspecified atom stereocenters. The summed E-state index contributed by atoms with van der Waals surface area (Å²) in [7, 11) is 2.37.